The average molecular weight is 729 g/mol. The second-order valence-electron chi connectivity index (χ2n) is 12.4. The van der Waals surface area contributed by atoms with Gasteiger partial charge in [-0.15, -0.1) is 0 Å². The average Bonchev–Trinajstić information content (AvgIpc) is 3.06. The van der Waals surface area contributed by atoms with Crippen LogP contribution in [0.3, 0.4) is 0 Å². The van der Waals surface area contributed by atoms with Crippen LogP contribution in [0.15, 0.2) is 12.2 Å². The fraction of sp³-hybridized carbons (Fsp3) is 0.844. The van der Waals surface area contributed by atoms with Crippen LogP contribution in [-0.2, 0) is 37.5 Å². The molecule has 7 unspecified atom stereocenters. The van der Waals surface area contributed by atoms with Crippen molar-refractivity contribution in [2.75, 3.05) is 13.2 Å². The largest absolute Gasteiger partial charge is 0.478 e. The summed E-state index contributed by atoms with van der Waals surface area (Å²) in [5, 5.41) is 68.0. The first-order chi connectivity index (χ1) is 23.2. The van der Waals surface area contributed by atoms with Crippen LogP contribution < -0.4 is 0 Å². The molecule has 1 fully saturated rings. The van der Waals surface area contributed by atoms with Gasteiger partial charge in [-0.1, -0.05) is 84.0 Å². The number of rotatable bonds is 27. The van der Waals surface area contributed by atoms with Gasteiger partial charge in [0.25, 0.3) is 0 Å². The Balaban J connectivity index is 2.58. The van der Waals surface area contributed by atoms with Crippen LogP contribution in [0.1, 0.15) is 110 Å². The predicted molar refractivity (Wildman–Crippen MR) is 174 cm³/mol. The number of carbonyl (C=O) groups excluding carboxylic acids is 2. The van der Waals surface area contributed by atoms with Crippen molar-refractivity contribution in [1.29, 1.82) is 0 Å². The lowest BCUT2D eigenvalue weighted by Gasteiger charge is -2.41. The van der Waals surface area contributed by atoms with E-state index in [1.807, 2.05) is 0 Å². The smallest absolute Gasteiger partial charge is 0.472 e. The molecule has 49 heavy (non-hydrogen) atoms. The fourth-order valence-electron chi connectivity index (χ4n) is 5.14. The normalized spacial score (nSPS) is 25.1. The molecule has 0 spiro atoms. The standard InChI is InChI=1S/C32H57O16P/c1-2-3-4-5-6-7-8-9-10-11-12-13-14-15-25(36)45-20-23(47-26(37)19-17-22(33)16-18-24(34)35)21-46-49(43,44)48-32-30(41)28(39)27(38)29(40)31(32)42/h16,18,22-23,27-33,38-42H,2-15,17,19-21H2,1H3,(H,34,35)(H,43,44)/b18-16+/t22?,23-,27?,28-,29?,30?,31?,32?/m1/s1. The minimum absolute atomic E-state index is 0.0803. The maximum atomic E-state index is 12.6. The van der Waals surface area contributed by atoms with Crippen LogP contribution in [0.2, 0.25) is 0 Å². The molecular weight excluding hydrogens is 671 g/mol. The highest BCUT2D eigenvalue weighted by atomic mass is 31.2. The zero-order chi connectivity index (χ0) is 36.8. The lowest BCUT2D eigenvalue weighted by molar-refractivity contribution is -0.220. The number of carbonyl (C=O) groups is 3. The number of unbranched alkanes of at least 4 members (excludes halogenated alkanes) is 12. The monoisotopic (exact) mass is 728 g/mol. The molecule has 0 saturated heterocycles. The molecule has 0 amide bonds. The molecule has 8 N–H and O–H groups in total. The van der Waals surface area contributed by atoms with Crippen LogP contribution in [0.4, 0.5) is 0 Å². The first kappa shape index (κ1) is 45.0. The quantitative estimate of drug-likeness (QED) is 0.0260. The van der Waals surface area contributed by atoms with Crippen molar-refractivity contribution in [1.82, 2.24) is 0 Å². The number of hydrogen-bond donors (Lipinski definition) is 8. The molecule has 16 nitrogen and oxygen atoms in total. The molecule has 0 aromatic heterocycles. The Hall–Kier alpha value is -1.98. The number of hydrogen-bond acceptors (Lipinski definition) is 14. The molecule has 1 rings (SSSR count). The molecule has 0 bridgehead atoms. The van der Waals surface area contributed by atoms with Crippen molar-refractivity contribution in [2.45, 2.75) is 158 Å². The molecule has 0 aromatic rings. The third-order valence-corrected chi connectivity index (χ3v) is 9.05. The Bertz CT molecular complexity index is 1010. The van der Waals surface area contributed by atoms with Gasteiger partial charge in [0.15, 0.2) is 6.10 Å². The van der Waals surface area contributed by atoms with E-state index in [4.69, 9.17) is 23.6 Å². The number of aliphatic carboxylic acids is 1. The van der Waals surface area contributed by atoms with Crippen molar-refractivity contribution < 1.29 is 78.1 Å². The second-order valence-corrected chi connectivity index (χ2v) is 13.8. The molecule has 0 radical (unpaired) electrons. The van der Waals surface area contributed by atoms with E-state index in [1.165, 1.54) is 51.4 Å². The van der Waals surface area contributed by atoms with Crippen LogP contribution in [0.25, 0.3) is 0 Å². The first-order valence-electron chi connectivity index (χ1n) is 17.2. The summed E-state index contributed by atoms with van der Waals surface area (Å²) in [4.78, 5) is 45.6. The van der Waals surface area contributed by atoms with Gasteiger partial charge in [-0.25, -0.2) is 9.36 Å². The summed E-state index contributed by atoms with van der Waals surface area (Å²) in [7, 11) is -5.21. The number of phosphoric ester groups is 1. The number of phosphoric acid groups is 1. The topological polar surface area (TPSA) is 267 Å². The SMILES string of the molecule is CCCCCCCCCCCCCCCC(=O)OC[C@H](COP(=O)(O)OC1C(O)C(O)C(O)[C@@H](O)C1O)OC(=O)CCC(O)/C=C/C(=O)O. The number of esters is 2. The van der Waals surface area contributed by atoms with Crippen LogP contribution >= 0.6 is 7.82 Å². The first-order valence-corrected chi connectivity index (χ1v) is 18.7. The molecule has 1 saturated carbocycles. The van der Waals surface area contributed by atoms with Crippen molar-refractivity contribution >= 4 is 25.7 Å². The zero-order valence-electron chi connectivity index (χ0n) is 28.3. The van der Waals surface area contributed by atoms with Crippen molar-refractivity contribution in [3.63, 3.8) is 0 Å². The Labute approximate surface area is 287 Å². The van der Waals surface area contributed by atoms with Crippen molar-refractivity contribution in [3.05, 3.63) is 12.2 Å². The molecule has 0 heterocycles. The van der Waals surface area contributed by atoms with Crippen LogP contribution in [0, 0.1) is 0 Å². The molecule has 286 valence electrons. The summed E-state index contributed by atoms with van der Waals surface area (Å²) in [6.07, 6.45) is 0.701. The maximum Gasteiger partial charge on any atom is 0.472 e. The highest BCUT2D eigenvalue weighted by Gasteiger charge is 2.51. The third-order valence-electron chi connectivity index (χ3n) is 8.07. The minimum Gasteiger partial charge on any atom is -0.478 e. The number of aliphatic hydroxyl groups is 6. The predicted octanol–water partition coefficient (Wildman–Crippen LogP) is 2.02. The van der Waals surface area contributed by atoms with Gasteiger partial charge in [-0.05, 0) is 18.9 Å². The van der Waals surface area contributed by atoms with E-state index in [1.54, 1.807) is 0 Å². The molecule has 1 aliphatic rings. The maximum absolute atomic E-state index is 12.6. The van der Waals surface area contributed by atoms with Gasteiger partial charge in [0, 0.05) is 18.9 Å². The summed E-state index contributed by atoms with van der Waals surface area (Å²) in [5.74, 6) is -2.86. The number of ether oxygens (including phenoxy) is 2. The number of aliphatic hydroxyl groups excluding tert-OH is 6. The molecule has 0 aromatic carbocycles. The minimum atomic E-state index is -5.21. The van der Waals surface area contributed by atoms with E-state index in [0.29, 0.717) is 12.5 Å². The van der Waals surface area contributed by atoms with E-state index in [9.17, 15) is 54.5 Å². The zero-order valence-corrected chi connectivity index (χ0v) is 29.2. The van der Waals surface area contributed by atoms with Gasteiger partial charge in [0.05, 0.1) is 12.7 Å². The Morgan fingerprint density at radius 3 is 1.71 bits per heavy atom. The number of carboxylic acid groups (broad SMARTS) is 1. The van der Waals surface area contributed by atoms with Gasteiger partial charge >= 0.3 is 25.7 Å². The van der Waals surface area contributed by atoms with Gasteiger partial charge < -0.3 is 50.1 Å². The van der Waals surface area contributed by atoms with E-state index in [2.05, 4.69) is 6.92 Å². The van der Waals surface area contributed by atoms with Crippen LogP contribution in [-0.4, -0.2) is 121 Å². The third kappa shape index (κ3) is 19.9. The van der Waals surface area contributed by atoms with Gasteiger partial charge in [0.2, 0.25) is 0 Å². The second kappa shape index (κ2) is 25.1. The van der Waals surface area contributed by atoms with Gasteiger partial charge in [-0.3, -0.25) is 18.6 Å². The van der Waals surface area contributed by atoms with Crippen molar-refractivity contribution in [3.8, 4) is 0 Å². The summed E-state index contributed by atoms with van der Waals surface area (Å²) in [6.45, 7) is 0.720. The van der Waals surface area contributed by atoms with E-state index in [0.717, 1.165) is 31.8 Å². The molecule has 17 heteroatoms. The molecule has 1 aliphatic carbocycles. The lowest BCUT2D eigenvalue weighted by Crippen LogP contribution is -2.64. The summed E-state index contributed by atoms with van der Waals surface area (Å²) < 4.78 is 32.6. The number of carboxylic acids is 1. The van der Waals surface area contributed by atoms with E-state index >= 15 is 0 Å². The Morgan fingerprint density at radius 2 is 1.20 bits per heavy atom. The highest BCUT2D eigenvalue weighted by molar-refractivity contribution is 7.47. The van der Waals surface area contributed by atoms with Crippen molar-refractivity contribution in [2.24, 2.45) is 0 Å². The fourth-order valence-corrected chi connectivity index (χ4v) is 6.12. The molecular formula is C32H57O16P. The molecule has 9 atom stereocenters. The van der Waals surface area contributed by atoms with Gasteiger partial charge in [-0.2, -0.15) is 0 Å². The lowest BCUT2D eigenvalue weighted by atomic mass is 9.85. The summed E-state index contributed by atoms with van der Waals surface area (Å²) in [6, 6.07) is 0. The highest BCUT2D eigenvalue weighted by Crippen LogP contribution is 2.47. The summed E-state index contributed by atoms with van der Waals surface area (Å²) in [5.41, 5.74) is 0. The Morgan fingerprint density at radius 1 is 0.714 bits per heavy atom. The van der Waals surface area contributed by atoms with E-state index in [-0.39, 0.29) is 12.8 Å². The van der Waals surface area contributed by atoms with E-state index < -0.39 is 94.2 Å². The Kier molecular flexibility index (Phi) is 23.0. The summed E-state index contributed by atoms with van der Waals surface area (Å²) >= 11 is 0. The molecule has 0 aliphatic heterocycles. The van der Waals surface area contributed by atoms with Crippen LogP contribution in [0.5, 0.6) is 0 Å². The van der Waals surface area contributed by atoms with Gasteiger partial charge in [0.1, 0.15) is 43.2 Å².